The van der Waals surface area contributed by atoms with Crippen LogP contribution in [0.1, 0.15) is 35.4 Å². The molecule has 2 aliphatic heterocycles. The predicted molar refractivity (Wildman–Crippen MR) is 114 cm³/mol. The first-order valence-electron chi connectivity index (χ1n) is 9.62. The summed E-state index contributed by atoms with van der Waals surface area (Å²) in [6, 6.07) is 15.5. The summed E-state index contributed by atoms with van der Waals surface area (Å²) >= 11 is 6.30. The second kappa shape index (κ2) is 7.54. The maximum absolute atomic E-state index is 6.34. The number of nitrogens with zero attached hydrogens (tertiary/aromatic N) is 3. The molecule has 0 saturated carbocycles. The van der Waals surface area contributed by atoms with Gasteiger partial charge in [0.2, 0.25) is 6.23 Å². The van der Waals surface area contributed by atoms with Gasteiger partial charge in [0.05, 0.1) is 26.0 Å². The van der Waals surface area contributed by atoms with Crippen LogP contribution in [0.5, 0.6) is 17.2 Å². The number of pyridine rings is 1. The zero-order valence-electron chi connectivity index (χ0n) is 16.6. The van der Waals surface area contributed by atoms with Crippen LogP contribution < -0.4 is 14.2 Å². The summed E-state index contributed by atoms with van der Waals surface area (Å²) in [6.45, 7) is 0. The van der Waals surface area contributed by atoms with E-state index >= 15 is 0 Å². The van der Waals surface area contributed by atoms with Crippen LogP contribution in [-0.4, -0.2) is 29.9 Å². The zero-order chi connectivity index (χ0) is 20.7. The number of aromatic nitrogens is 1. The van der Waals surface area contributed by atoms with Crippen LogP contribution >= 0.6 is 11.6 Å². The van der Waals surface area contributed by atoms with Crippen molar-refractivity contribution >= 4 is 17.3 Å². The molecule has 0 saturated heterocycles. The van der Waals surface area contributed by atoms with Gasteiger partial charge in [0.1, 0.15) is 5.75 Å². The van der Waals surface area contributed by atoms with Gasteiger partial charge in [-0.15, -0.1) is 0 Å². The second-order valence-corrected chi connectivity index (χ2v) is 7.59. The van der Waals surface area contributed by atoms with Gasteiger partial charge in [0, 0.05) is 40.5 Å². The number of hydrogen-bond donors (Lipinski definition) is 0. The monoisotopic (exact) mass is 421 g/mol. The molecule has 2 aromatic carbocycles. The van der Waals surface area contributed by atoms with Crippen LogP contribution in [0, 0.1) is 0 Å². The third-order valence-electron chi connectivity index (χ3n) is 5.46. The van der Waals surface area contributed by atoms with Crippen LogP contribution in [-0.2, 0) is 0 Å². The maximum atomic E-state index is 6.34. The smallest absolute Gasteiger partial charge is 0.213 e. The molecule has 5 rings (SSSR count). The molecular formula is C23H20ClN3O3. The molecule has 0 N–H and O–H groups in total. The SMILES string of the molecule is COc1ccc(C2=NN3[C@H](C2)c2cc(Cl)ccc2O[C@@H]3c2ccncc2)cc1OC. The van der Waals surface area contributed by atoms with Crippen molar-refractivity contribution in [2.45, 2.75) is 18.7 Å². The summed E-state index contributed by atoms with van der Waals surface area (Å²) < 4.78 is 17.2. The molecule has 152 valence electrons. The van der Waals surface area contributed by atoms with E-state index in [1.165, 1.54) is 0 Å². The summed E-state index contributed by atoms with van der Waals surface area (Å²) in [4.78, 5) is 4.13. The third-order valence-corrected chi connectivity index (χ3v) is 5.70. The highest BCUT2D eigenvalue weighted by Gasteiger charge is 2.41. The van der Waals surface area contributed by atoms with E-state index in [-0.39, 0.29) is 12.3 Å². The Hall–Kier alpha value is -3.25. The van der Waals surface area contributed by atoms with Gasteiger partial charge in [-0.3, -0.25) is 4.98 Å². The van der Waals surface area contributed by atoms with E-state index in [2.05, 4.69) is 4.98 Å². The van der Waals surface area contributed by atoms with E-state index in [0.29, 0.717) is 16.5 Å². The van der Waals surface area contributed by atoms with E-state index in [9.17, 15) is 0 Å². The molecule has 0 bridgehead atoms. The topological polar surface area (TPSA) is 56.2 Å². The highest BCUT2D eigenvalue weighted by atomic mass is 35.5. The molecule has 0 fully saturated rings. The first-order chi connectivity index (χ1) is 14.7. The predicted octanol–water partition coefficient (Wildman–Crippen LogP) is 4.99. The molecule has 7 heteroatoms. The third kappa shape index (κ3) is 3.13. The van der Waals surface area contributed by atoms with Crippen molar-refractivity contribution in [3.05, 3.63) is 82.6 Å². The molecule has 0 radical (unpaired) electrons. The number of methoxy groups -OCH3 is 2. The Morgan fingerprint density at radius 3 is 2.57 bits per heavy atom. The van der Waals surface area contributed by atoms with Crippen LogP contribution in [0.15, 0.2) is 66.0 Å². The van der Waals surface area contributed by atoms with Gasteiger partial charge in [0.15, 0.2) is 11.5 Å². The number of halogens is 1. The molecule has 1 aromatic heterocycles. The Morgan fingerprint density at radius 1 is 1.00 bits per heavy atom. The number of rotatable bonds is 4. The minimum Gasteiger partial charge on any atom is -0.493 e. The van der Waals surface area contributed by atoms with Crippen LogP contribution in [0.25, 0.3) is 0 Å². The van der Waals surface area contributed by atoms with Crippen LogP contribution in [0.2, 0.25) is 5.02 Å². The minimum absolute atomic E-state index is 0.0220. The van der Waals surface area contributed by atoms with Gasteiger partial charge >= 0.3 is 0 Å². The number of fused-ring (bicyclic) bond motifs is 3. The summed E-state index contributed by atoms with van der Waals surface area (Å²) in [5.74, 6) is 2.19. The Bertz CT molecular complexity index is 1120. The lowest BCUT2D eigenvalue weighted by atomic mass is 9.96. The van der Waals surface area contributed by atoms with Crippen molar-refractivity contribution in [1.29, 1.82) is 0 Å². The molecule has 0 spiro atoms. The van der Waals surface area contributed by atoms with E-state index in [0.717, 1.165) is 34.6 Å². The summed E-state index contributed by atoms with van der Waals surface area (Å²) in [7, 11) is 3.26. The van der Waals surface area contributed by atoms with Gasteiger partial charge in [-0.1, -0.05) is 11.6 Å². The number of benzene rings is 2. The second-order valence-electron chi connectivity index (χ2n) is 7.15. The number of hydrogen-bond acceptors (Lipinski definition) is 6. The van der Waals surface area contributed by atoms with E-state index in [1.807, 2.05) is 53.5 Å². The van der Waals surface area contributed by atoms with Gasteiger partial charge in [-0.05, 0) is 48.5 Å². The van der Waals surface area contributed by atoms with Crippen LogP contribution in [0.3, 0.4) is 0 Å². The Kier molecular flexibility index (Phi) is 4.71. The van der Waals surface area contributed by atoms with Gasteiger partial charge in [-0.2, -0.15) is 5.10 Å². The summed E-state index contributed by atoms with van der Waals surface area (Å²) in [5.41, 5.74) is 3.97. The first-order valence-corrected chi connectivity index (χ1v) is 10.00. The molecule has 3 aromatic rings. The minimum atomic E-state index is -0.343. The molecule has 0 amide bonds. The summed E-state index contributed by atoms with van der Waals surface area (Å²) in [6.07, 6.45) is 3.91. The Balaban J connectivity index is 1.58. The fourth-order valence-electron chi connectivity index (χ4n) is 4.00. The highest BCUT2D eigenvalue weighted by molar-refractivity contribution is 6.30. The van der Waals surface area contributed by atoms with E-state index in [1.54, 1.807) is 26.6 Å². The lowest BCUT2D eigenvalue weighted by molar-refractivity contribution is -0.0190. The van der Waals surface area contributed by atoms with Crippen molar-refractivity contribution in [3.63, 3.8) is 0 Å². The van der Waals surface area contributed by atoms with Crippen molar-refractivity contribution in [2.75, 3.05) is 14.2 Å². The fourth-order valence-corrected chi connectivity index (χ4v) is 4.18. The average Bonchev–Trinajstić information content (AvgIpc) is 3.24. The first kappa shape index (κ1) is 18.8. The molecule has 30 heavy (non-hydrogen) atoms. The summed E-state index contributed by atoms with van der Waals surface area (Å²) in [5, 5.41) is 7.66. The maximum Gasteiger partial charge on any atom is 0.213 e. The largest absolute Gasteiger partial charge is 0.493 e. The molecule has 0 aliphatic carbocycles. The molecule has 2 atom stereocenters. The molecule has 6 nitrogen and oxygen atoms in total. The van der Waals surface area contributed by atoms with Crippen molar-refractivity contribution < 1.29 is 14.2 Å². The van der Waals surface area contributed by atoms with E-state index in [4.69, 9.17) is 30.9 Å². The number of hydrazone groups is 1. The lowest BCUT2D eigenvalue weighted by Crippen LogP contribution is -2.33. The zero-order valence-corrected chi connectivity index (χ0v) is 17.3. The van der Waals surface area contributed by atoms with Gasteiger partial charge < -0.3 is 14.2 Å². The van der Waals surface area contributed by atoms with Gasteiger partial charge in [-0.25, -0.2) is 5.01 Å². The fraction of sp³-hybridized carbons (Fsp3) is 0.217. The lowest BCUT2D eigenvalue weighted by Gasteiger charge is -2.38. The molecule has 0 unspecified atom stereocenters. The highest BCUT2D eigenvalue weighted by Crippen LogP contribution is 2.48. The van der Waals surface area contributed by atoms with Crippen molar-refractivity contribution in [3.8, 4) is 17.2 Å². The Labute approximate surface area is 179 Å². The van der Waals surface area contributed by atoms with Gasteiger partial charge in [0.25, 0.3) is 0 Å². The average molecular weight is 422 g/mol. The Morgan fingerprint density at radius 2 is 1.80 bits per heavy atom. The van der Waals surface area contributed by atoms with Crippen molar-refractivity contribution in [1.82, 2.24) is 9.99 Å². The molecular weight excluding hydrogens is 402 g/mol. The van der Waals surface area contributed by atoms with Crippen molar-refractivity contribution in [2.24, 2.45) is 5.10 Å². The quantitative estimate of drug-likeness (QED) is 0.593. The van der Waals surface area contributed by atoms with Crippen LogP contribution in [0.4, 0.5) is 0 Å². The normalized spacial score (nSPS) is 19.4. The standard InChI is InChI=1S/C23H20ClN3O3/c1-28-21-5-3-15(11-22(21)29-2)18-13-19-17-12-16(24)4-6-20(17)30-23(27(19)26-18)14-7-9-25-10-8-14/h3-12,19,23H,13H2,1-2H3/t19-,23-/m1/s1. The molecule has 2 aliphatic rings. The molecule has 3 heterocycles. The van der Waals surface area contributed by atoms with E-state index < -0.39 is 0 Å². The number of ether oxygens (including phenoxy) is 3.